The van der Waals surface area contributed by atoms with E-state index in [1.54, 1.807) is 6.92 Å². The molecule has 0 aromatic heterocycles. The van der Waals surface area contributed by atoms with Gasteiger partial charge in [-0.15, -0.1) is 0 Å². The molecular formula is C11H19NO3. The van der Waals surface area contributed by atoms with E-state index in [0.717, 1.165) is 25.7 Å². The molecule has 0 unspecified atom stereocenters. The average molecular weight is 213 g/mol. The monoisotopic (exact) mass is 213 g/mol. The van der Waals surface area contributed by atoms with Gasteiger partial charge in [-0.3, -0.25) is 4.79 Å². The molecule has 2 N–H and O–H groups in total. The van der Waals surface area contributed by atoms with Crippen molar-refractivity contribution in [3.05, 3.63) is 0 Å². The summed E-state index contributed by atoms with van der Waals surface area (Å²) in [5.74, 6) is -0.229. The highest BCUT2D eigenvalue weighted by molar-refractivity contribution is 5.80. The summed E-state index contributed by atoms with van der Waals surface area (Å²) in [6, 6.07) is 0. The van der Waals surface area contributed by atoms with Gasteiger partial charge in [0, 0.05) is 13.1 Å². The van der Waals surface area contributed by atoms with Gasteiger partial charge in [0.2, 0.25) is 0 Å². The van der Waals surface area contributed by atoms with Crippen molar-refractivity contribution in [1.29, 1.82) is 0 Å². The Morgan fingerprint density at radius 3 is 2.40 bits per heavy atom. The largest absolute Gasteiger partial charge is 0.465 e. The van der Waals surface area contributed by atoms with Crippen molar-refractivity contribution >= 4 is 5.97 Å². The van der Waals surface area contributed by atoms with Crippen LogP contribution < -0.4 is 5.32 Å². The predicted octanol–water partition coefficient (Wildman–Crippen LogP) is 0.444. The zero-order valence-electron chi connectivity index (χ0n) is 9.21. The molecule has 1 saturated carbocycles. The van der Waals surface area contributed by atoms with Crippen molar-refractivity contribution < 1.29 is 14.6 Å². The maximum atomic E-state index is 11.9. The topological polar surface area (TPSA) is 58.6 Å². The number of hydrogen-bond acceptors (Lipinski definition) is 4. The third-order valence-electron chi connectivity index (χ3n) is 3.84. The molecule has 2 aliphatic rings. The molecule has 0 radical (unpaired) electrons. The van der Waals surface area contributed by atoms with E-state index in [4.69, 9.17) is 4.74 Å². The number of rotatable bonds is 3. The van der Waals surface area contributed by atoms with Crippen LogP contribution in [-0.4, -0.2) is 36.4 Å². The molecule has 4 nitrogen and oxygen atoms in total. The second-order valence-corrected chi connectivity index (χ2v) is 4.64. The van der Waals surface area contributed by atoms with E-state index in [-0.39, 0.29) is 5.97 Å². The van der Waals surface area contributed by atoms with Crippen LogP contribution in [0.4, 0.5) is 0 Å². The molecule has 0 atom stereocenters. The summed E-state index contributed by atoms with van der Waals surface area (Å²) in [6.45, 7) is 3.30. The SMILES string of the molecule is CCOC(=O)C1(C2(O)CCCC2)CNC1. The first-order chi connectivity index (χ1) is 7.15. The van der Waals surface area contributed by atoms with Crippen molar-refractivity contribution in [3.8, 4) is 0 Å². The average Bonchev–Trinajstić information content (AvgIpc) is 2.51. The van der Waals surface area contributed by atoms with Crippen LogP contribution in [0.15, 0.2) is 0 Å². The van der Waals surface area contributed by atoms with E-state index in [1.807, 2.05) is 0 Å². The van der Waals surface area contributed by atoms with Crippen LogP contribution in [0.25, 0.3) is 0 Å². The molecule has 1 aliphatic heterocycles. The molecule has 2 fully saturated rings. The van der Waals surface area contributed by atoms with Crippen LogP contribution in [-0.2, 0) is 9.53 Å². The Kier molecular flexibility index (Phi) is 2.73. The van der Waals surface area contributed by atoms with Crippen LogP contribution >= 0.6 is 0 Å². The van der Waals surface area contributed by atoms with E-state index in [1.165, 1.54) is 0 Å². The molecule has 1 saturated heterocycles. The van der Waals surface area contributed by atoms with Gasteiger partial charge in [-0.05, 0) is 19.8 Å². The lowest BCUT2D eigenvalue weighted by Gasteiger charge is -2.49. The van der Waals surface area contributed by atoms with Crippen LogP contribution in [0.2, 0.25) is 0 Å². The van der Waals surface area contributed by atoms with Crippen molar-refractivity contribution in [2.75, 3.05) is 19.7 Å². The third kappa shape index (κ3) is 1.47. The first kappa shape index (κ1) is 10.9. The van der Waals surface area contributed by atoms with Gasteiger partial charge < -0.3 is 15.2 Å². The summed E-state index contributed by atoms with van der Waals surface area (Å²) in [5.41, 5.74) is -1.50. The standard InChI is InChI=1S/C11H19NO3/c1-2-15-9(13)10(7-12-8-10)11(14)5-3-4-6-11/h12,14H,2-8H2,1H3. The predicted molar refractivity (Wildman–Crippen MR) is 55.4 cm³/mol. The fourth-order valence-electron chi connectivity index (χ4n) is 2.75. The van der Waals surface area contributed by atoms with Gasteiger partial charge in [0.05, 0.1) is 12.2 Å². The molecule has 0 aromatic carbocycles. The Hall–Kier alpha value is -0.610. The lowest BCUT2D eigenvalue weighted by Crippen LogP contribution is -2.69. The Morgan fingerprint density at radius 2 is 2.00 bits per heavy atom. The van der Waals surface area contributed by atoms with E-state index < -0.39 is 11.0 Å². The molecule has 1 heterocycles. The van der Waals surface area contributed by atoms with Crippen molar-refractivity contribution in [1.82, 2.24) is 5.32 Å². The Labute approximate surface area is 90.0 Å². The first-order valence-electron chi connectivity index (χ1n) is 5.75. The van der Waals surface area contributed by atoms with Crippen molar-refractivity contribution in [2.45, 2.75) is 38.2 Å². The fraction of sp³-hybridized carbons (Fsp3) is 0.909. The van der Waals surface area contributed by atoms with E-state index in [2.05, 4.69) is 5.32 Å². The summed E-state index contributed by atoms with van der Waals surface area (Å²) in [6.07, 6.45) is 3.48. The van der Waals surface area contributed by atoms with Gasteiger partial charge in [-0.1, -0.05) is 12.8 Å². The lowest BCUT2D eigenvalue weighted by atomic mass is 9.66. The maximum Gasteiger partial charge on any atom is 0.317 e. The number of aliphatic hydroxyl groups is 1. The summed E-state index contributed by atoms with van der Waals surface area (Å²) in [7, 11) is 0. The molecule has 0 aromatic rings. The Balaban J connectivity index is 2.17. The van der Waals surface area contributed by atoms with Gasteiger partial charge >= 0.3 is 5.97 Å². The number of ether oxygens (including phenoxy) is 1. The minimum atomic E-state index is -0.829. The first-order valence-corrected chi connectivity index (χ1v) is 5.75. The summed E-state index contributed by atoms with van der Waals surface area (Å²) < 4.78 is 5.09. The highest BCUT2D eigenvalue weighted by atomic mass is 16.5. The summed E-state index contributed by atoms with van der Waals surface area (Å²) in [5, 5.41) is 13.6. The van der Waals surface area contributed by atoms with Gasteiger partial charge in [-0.25, -0.2) is 0 Å². The zero-order chi connectivity index (χ0) is 10.9. The minimum Gasteiger partial charge on any atom is -0.465 e. The number of carbonyl (C=O) groups excluding carboxylic acids is 1. The number of carbonyl (C=O) groups is 1. The summed E-state index contributed by atoms with van der Waals surface area (Å²) >= 11 is 0. The molecule has 1 aliphatic carbocycles. The maximum absolute atomic E-state index is 11.9. The van der Waals surface area contributed by atoms with Gasteiger partial charge in [0.25, 0.3) is 0 Å². The quantitative estimate of drug-likeness (QED) is 0.668. The normalized spacial score (nSPS) is 27.1. The molecule has 0 amide bonds. The van der Waals surface area contributed by atoms with E-state index >= 15 is 0 Å². The van der Waals surface area contributed by atoms with Crippen molar-refractivity contribution in [2.24, 2.45) is 5.41 Å². The Morgan fingerprint density at radius 1 is 1.40 bits per heavy atom. The van der Waals surface area contributed by atoms with Gasteiger partial charge in [0.1, 0.15) is 5.41 Å². The molecule has 0 spiro atoms. The molecule has 0 bridgehead atoms. The second kappa shape index (κ2) is 3.76. The van der Waals surface area contributed by atoms with E-state index in [9.17, 15) is 9.90 Å². The molecule has 15 heavy (non-hydrogen) atoms. The highest BCUT2D eigenvalue weighted by Crippen LogP contribution is 2.47. The van der Waals surface area contributed by atoms with Crippen LogP contribution in [0.1, 0.15) is 32.6 Å². The Bertz CT molecular complexity index is 255. The smallest absolute Gasteiger partial charge is 0.317 e. The second-order valence-electron chi connectivity index (χ2n) is 4.64. The van der Waals surface area contributed by atoms with Crippen LogP contribution in [0, 0.1) is 5.41 Å². The third-order valence-corrected chi connectivity index (χ3v) is 3.84. The van der Waals surface area contributed by atoms with Gasteiger partial charge in [0.15, 0.2) is 0 Å². The minimum absolute atomic E-state index is 0.229. The van der Waals surface area contributed by atoms with Crippen LogP contribution in [0.3, 0.4) is 0 Å². The number of nitrogens with one attached hydrogen (secondary N) is 1. The summed E-state index contributed by atoms with van der Waals surface area (Å²) in [4.78, 5) is 11.9. The van der Waals surface area contributed by atoms with E-state index in [0.29, 0.717) is 19.7 Å². The lowest BCUT2D eigenvalue weighted by molar-refractivity contribution is -0.183. The van der Waals surface area contributed by atoms with Crippen LogP contribution in [0.5, 0.6) is 0 Å². The molecule has 2 rings (SSSR count). The molecule has 4 heteroatoms. The molecular weight excluding hydrogens is 194 g/mol. The number of esters is 1. The van der Waals surface area contributed by atoms with Gasteiger partial charge in [-0.2, -0.15) is 0 Å². The molecule has 86 valence electrons. The zero-order valence-corrected chi connectivity index (χ0v) is 9.21. The highest BCUT2D eigenvalue weighted by Gasteiger charge is 2.61. The van der Waals surface area contributed by atoms with Crippen molar-refractivity contribution in [3.63, 3.8) is 0 Å². The number of hydrogen-bond donors (Lipinski definition) is 2. The fourth-order valence-corrected chi connectivity index (χ4v) is 2.75.